The fraction of sp³-hybridized carbons (Fsp3) is 0.909. The molecule has 0 radical (unpaired) electrons. The minimum atomic E-state index is -0.847. The lowest BCUT2D eigenvalue weighted by Crippen LogP contribution is -2.40. The number of carboxylic acids is 2. The van der Waals surface area contributed by atoms with Crippen LogP contribution in [0.15, 0.2) is 0 Å². The van der Waals surface area contributed by atoms with E-state index in [-0.39, 0.29) is 6.42 Å². The number of epoxide rings is 2. The maximum Gasteiger partial charge on any atom is 0.309 e. The van der Waals surface area contributed by atoms with Gasteiger partial charge in [0.15, 0.2) is 0 Å². The van der Waals surface area contributed by atoms with Crippen molar-refractivity contribution in [3.63, 3.8) is 0 Å². The van der Waals surface area contributed by atoms with E-state index in [1.54, 1.807) is 0 Å². The first kappa shape index (κ1) is 20.1. The third-order valence-electron chi connectivity index (χ3n) is 8.07. The highest BCUT2D eigenvalue weighted by molar-refractivity contribution is 5.75. The number of carbonyl (C=O) groups is 2. The van der Waals surface area contributed by atoms with Crippen molar-refractivity contribution in [3.05, 3.63) is 0 Å². The molecule has 8 atom stereocenters. The first-order valence-electron chi connectivity index (χ1n) is 11.0. The zero-order valence-electron chi connectivity index (χ0n) is 17.0. The lowest BCUT2D eigenvalue weighted by Gasteiger charge is -2.40. The van der Waals surface area contributed by atoms with E-state index in [9.17, 15) is 14.7 Å². The molecule has 158 valence electrons. The second kappa shape index (κ2) is 7.60. The van der Waals surface area contributed by atoms with E-state index in [4.69, 9.17) is 14.6 Å². The number of fused-ring (bicyclic) bond motifs is 2. The Kier molecular flexibility index (Phi) is 5.47. The molecule has 4 rings (SSSR count). The fourth-order valence-electron chi connectivity index (χ4n) is 6.09. The molecule has 2 aliphatic carbocycles. The predicted octanol–water partition coefficient (Wildman–Crippen LogP) is 3.72. The molecular weight excluding hydrogens is 360 g/mol. The van der Waals surface area contributed by atoms with E-state index in [1.807, 2.05) is 0 Å². The van der Waals surface area contributed by atoms with Crippen molar-refractivity contribution in [3.8, 4) is 0 Å². The van der Waals surface area contributed by atoms with Gasteiger partial charge in [-0.15, -0.1) is 0 Å². The van der Waals surface area contributed by atoms with Crippen LogP contribution >= 0.6 is 0 Å². The molecule has 2 aliphatic heterocycles. The zero-order chi connectivity index (χ0) is 20.1. The standard InChI is InChI=1S/C22H34O6/c1-12-6-16-18(27-16)8-14(12)10-22(21(25)26,5-3-4-20(23)24)11-15-9-19-17(28-19)7-13(15)2/h12-19H,3-11H2,1-2H3,(H,23,24)(H,25,26). The van der Waals surface area contributed by atoms with Gasteiger partial charge in [0, 0.05) is 6.42 Å². The number of aliphatic carboxylic acids is 2. The Labute approximate surface area is 167 Å². The zero-order valence-corrected chi connectivity index (χ0v) is 17.0. The molecule has 2 saturated heterocycles. The van der Waals surface area contributed by atoms with Crippen LogP contribution in [0.3, 0.4) is 0 Å². The van der Waals surface area contributed by atoms with E-state index >= 15 is 0 Å². The van der Waals surface area contributed by atoms with Gasteiger partial charge in [0.05, 0.1) is 29.8 Å². The number of hydrogen-bond acceptors (Lipinski definition) is 4. The Balaban J connectivity index is 1.50. The van der Waals surface area contributed by atoms with Crippen LogP contribution in [0.4, 0.5) is 0 Å². The number of rotatable bonds is 9. The van der Waals surface area contributed by atoms with Gasteiger partial charge in [-0.3, -0.25) is 9.59 Å². The second-order valence-corrected chi connectivity index (χ2v) is 10.1. The third kappa shape index (κ3) is 4.23. The molecule has 2 N–H and O–H groups in total. The van der Waals surface area contributed by atoms with Crippen molar-refractivity contribution in [2.45, 2.75) is 96.1 Å². The molecular formula is C22H34O6. The number of hydrogen-bond donors (Lipinski definition) is 2. The highest BCUT2D eigenvalue weighted by Crippen LogP contribution is 2.52. The van der Waals surface area contributed by atoms with Crippen molar-refractivity contribution in [2.24, 2.45) is 29.1 Å². The molecule has 0 aromatic carbocycles. The van der Waals surface area contributed by atoms with Gasteiger partial charge < -0.3 is 19.7 Å². The van der Waals surface area contributed by atoms with Gasteiger partial charge >= 0.3 is 11.9 Å². The largest absolute Gasteiger partial charge is 0.481 e. The second-order valence-electron chi connectivity index (χ2n) is 10.1. The van der Waals surface area contributed by atoms with Crippen LogP contribution in [0.25, 0.3) is 0 Å². The highest BCUT2D eigenvalue weighted by atomic mass is 16.6. The molecule has 28 heavy (non-hydrogen) atoms. The first-order chi connectivity index (χ1) is 13.3. The van der Waals surface area contributed by atoms with Gasteiger partial charge in [-0.2, -0.15) is 0 Å². The van der Waals surface area contributed by atoms with Crippen LogP contribution in [0, 0.1) is 29.1 Å². The van der Waals surface area contributed by atoms with E-state index in [0.29, 0.717) is 73.8 Å². The molecule has 8 unspecified atom stereocenters. The molecule has 0 aromatic rings. The minimum Gasteiger partial charge on any atom is -0.481 e. The van der Waals surface area contributed by atoms with Crippen molar-refractivity contribution in [2.75, 3.05) is 0 Å². The Morgan fingerprint density at radius 2 is 1.32 bits per heavy atom. The van der Waals surface area contributed by atoms with E-state index in [0.717, 1.165) is 25.7 Å². The Morgan fingerprint density at radius 3 is 1.75 bits per heavy atom. The maximum atomic E-state index is 12.6. The molecule has 2 heterocycles. The summed E-state index contributed by atoms with van der Waals surface area (Å²) in [6.07, 6.45) is 7.58. The van der Waals surface area contributed by atoms with E-state index in [2.05, 4.69) is 13.8 Å². The van der Waals surface area contributed by atoms with Crippen LogP contribution in [0.2, 0.25) is 0 Å². The van der Waals surface area contributed by atoms with Gasteiger partial charge in [0.1, 0.15) is 0 Å². The van der Waals surface area contributed by atoms with Crippen molar-refractivity contribution >= 4 is 11.9 Å². The van der Waals surface area contributed by atoms with Gasteiger partial charge in [-0.25, -0.2) is 0 Å². The van der Waals surface area contributed by atoms with Crippen molar-refractivity contribution in [1.29, 1.82) is 0 Å². The van der Waals surface area contributed by atoms with Gasteiger partial charge in [-0.05, 0) is 75.0 Å². The van der Waals surface area contributed by atoms with Crippen LogP contribution < -0.4 is 0 Å². The molecule has 6 heteroatoms. The SMILES string of the molecule is CC1CC2OC2CC1CC(CCCC(=O)O)(CC1CC2OC2CC1C)C(=O)O. The molecule has 4 aliphatic rings. The molecule has 2 saturated carbocycles. The summed E-state index contributed by atoms with van der Waals surface area (Å²) in [4.78, 5) is 23.7. The Hall–Kier alpha value is -1.14. The van der Waals surface area contributed by atoms with E-state index < -0.39 is 17.4 Å². The average Bonchev–Trinajstić information content (AvgIpc) is 3.51. The summed E-state index contributed by atoms with van der Waals surface area (Å²) in [5, 5.41) is 19.4. The van der Waals surface area contributed by atoms with E-state index in [1.165, 1.54) is 0 Å². The molecule has 4 fully saturated rings. The number of ether oxygens (including phenoxy) is 2. The van der Waals surface area contributed by atoms with Crippen molar-refractivity contribution < 1.29 is 29.3 Å². The first-order valence-corrected chi connectivity index (χ1v) is 11.0. The van der Waals surface area contributed by atoms with Crippen LogP contribution in [-0.4, -0.2) is 46.6 Å². The van der Waals surface area contributed by atoms with Gasteiger partial charge in [0.2, 0.25) is 0 Å². The van der Waals surface area contributed by atoms with Crippen LogP contribution in [0.1, 0.15) is 71.6 Å². The monoisotopic (exact) mass is 394 g/mol. The lowest BCUT2D eigenvalue weighted by molar-refractivity contribution is -0.154. The Morgan fingerprint density at radius 1 is 0.857 bits per heavy atom. The topological polar surface area (TPSA) is 99.7 Å². The normalized spacial score (nSPS) is 43.4. The molecule has 0 amide bonds. The molecule has 6 nitrogen and oxygen atoms in total. The van der Waals surface area contributed by atoms with Crippen LogP contribution in [-0.2, 0) is 19.1 Å². The summed E-state index contributed by atoms with van der Waals surface area (Å²) >= 11 is 0. The smallest absolute Gasteiger partial charge is 0.309 e. The summed E-state index contributed by atoms with van der Waals surface area (Å²) in [6.45, 7) is 4.44. The molecule has 0 aromatic heterocycles. The third-order valence-corrected chi connectivity index (χ3v) is 8.07. The quantitative estimate of drug-likeness (QED) is 0.578. The summed E-state index contributed by atoms with van der Waals surface area (Å²) in [6, 6.07) is 0. The average molecular weight is 395 g/mol. The maximum absolute atomic E-state index is 12.6. The summed E-state index contributed by atoms with van der Waals surface area (Å²) in [5.74, 6) is 0.0144. The summed E-state index contributed by atoms with van der Waals surface area (Å²) in [7, 11) is 0. The molecule has 0 spiro atoms. The van der Waals surface area contributed by atoms with Crippen molar-refractivity contribution in [1.82, 2.24) is 0 Å². The fourth-order valence-corrected chi connectivity index (χ4v) is 6.09. The highest BCUT2D eigenvalue weighted by Gasteiger charge is 2.53. The van der Waals surface area contributed by atoms with Gasteiger partial charge in [0.25, 0.3) is 0 Å². The number of carboxylic acid groups (broad SMARTS) is 2. The Bertz CT molecular complexity index is 584. The van der Waals surface area contributed by atoms with Gasteiger partial charge in [-0.1, -0.05) is 13.8 Å². The lowest BCUT2D eigenvalue weighted by atomic mass is 9.62. The minimum absolute atomic E-state index is 0.0388. The van der Waals surface area contributed by atoms with Crippen LogP contribution in [0.5, 0.6) is 0 Å². The summed E-state index contributed by atoms with van der Waals surface area (Å²) in [5.41, 5.74) is -0.837. The predicted molar refractivity (Wildman–Crippen MR) is 102 cm³/mol. The molecule has 0 bridgehead atoms. The summed E-state index contributed by atoms with van der Waals surface area (Å²) < 4.78 is 11.4.